The second kappa shape index (κ2) is 5.38. The summed E-state index contributed by atoms with van der Waals surface area (Å²) in [6.45, 7) is 0. The third-order valence-electron chi connectivity index (χ3n) is 2.93. The number of nitrogen functional groups attached to an aromatic ring is 1. The van der Waals surface area contributed by atoms with Crippen LogP contribution in [0.1, 0.15) is 11.1 Å². The second-order valence-corrected chi connectivity index (χ2v) is 5.23. The summed E-state index contributed by atoms with van der Waals surface area (Å²) in [5.74, 6) is 0.751. The standard InChI is InChI=1S/C15H13N3OS/c16-14(17)11-6-2-1-5-10(11)9-20-15-18-12-7-3-4-8-13(12)19-15/h1-8H,9H2,(H3,16,17). The van der Waals surface area contributed by atoms with E-state index in [1.807, 2.05) is 48.5 Å². The molecule has 0 radical (unpaired) electrons. The number of thioether (sulfide) groups is 1. The molecule has 0 bridgehead atoms. The Balaban J connectivity index is 1.81. The summed E-state index contributed by atoms with van der Waals surface area (Å²) < 4.78 is 5.66. The van der Waals surface area contributed by atoms with Crippen molar-refractivity contribution >= 4 is 28.7 Å². The summed E-state index contributed by atoms with van der Waals surface area (Å²) in [5, 5.41) is 8.21. The molecule has 0 aliphatic carbocycles. The molecule has 1 aromatic heterocycles. The van der Waals surface area contributed by atoms with Crippen molar-refractivity contribution in [3.05, 3.63) is 59.7 Å². The molecule has 1 heterocycles. The van der Waals surface area contributed by atoms with E-state index in [1.54, 1.807) is 0 Å². The number of oxazole rings is 1. The van der Waals surface area contributed by atoms with Crippen LogP contribution in [0.3, 0.4) is 0 Å². The first-order valence-electron chi connectivity index (χ1n) is 6.15. The van der Waals surface area contributed by atoms with Crippen molar-refractivity contribution in [2.24, 2.45) is 5.73 Å². The van der Waals surface area contributed by atoms with Crippen LogP contribution < -0.4 is 5.73 Å². The lowest BCUT2D eigenvalue weighted by Gasteiger charge is -2.05. The number of nitrogens with one attached hydrogen (secondary N) is 1. The second-order valence-electron chi connectivity index (χ2n) is 4.31. The van der Waals surface area contributed by atoms with Gasteiger partial charge in [-0.25, -0.2) is 4.98 Å². The number of rotatable bonds is 4. The number of hydrogen-bond donors (Lipinski definition) is 2. The Morgan fingerprint density at radius 2 is 1.90 bits per heavy atom. The zero-order chi connectivity index (χ0) is 13.9. The quantitative estimate of drug-likeness (QED) is 0.437. The van der Waals surface area contributed by atoms with Gasteiger partial charge in [0.15, 0.2) is 5.58 Å². The highest BCUT2D eigenvalue weighted by molar-refractivity contribution is 7.98. The minimum Gasteiger partial charge on any atom is -0.431 e. The topological polar surface area (TPSA) is 75.9 Å². The van der Waals surface area contributed by atoms with Gasteiger partial charge in [-0.15, -0.1) is 0 Å². The fourth-order valence-corrected chi connectivity index (χ4v) is 2.80. The molecule has 3 N–H and O–H groups in total. The van der Waals surface area contributed by atoms with Crippen LogP contribution in [0, 0.1) is 5.41 Å². The Morgan fingerprint density at radius 3 is 2.70 bits per heavy atom. The number of nitrogens with zero attached hydrogens (tertiary/aromatic N) is 1. The van der Waals surface area contributed by atoms with E-state index in [-0.39, 0.29) is 5.84 Å². The Labute approximate surface area is 120 Å². The van der Waals surface area contributed by atoms with E-state index in [0.717, 1.165) is 22.2 Å². The van der Waals surface area contributed by atoms with Gasteiger partial charge in [0.2, 0.25) is 0 Å². The first-order valence-corrected chi connectivity index (χ1v) is 7.13. The zero-order valence-corrected chi connectivity index (χ0v) is 11.5. The van der Waals surface area contributed by atoms with Gasteiger partial charge >= 0.3 is 0 Å². The minimum atomic E-state index is 0.0822. The highest BCUT2D eigenvalue weighted by Gasteiger charge is 2.09. The molecule has 0 unspecified atom stereocenters. The summed E-state index contributed by atoms with van der Waals surface area (Å²) >= 11 is 1.50. The normalized spacial score (nSPS) is 10.8. The fourth-order valence-electron chi connectivity index (χ4n) is 1.96. The molecular formula is C15H13N3OS. The molecule has 2 aromatic carbocycles. The van der Waals surface area contributed by atoms with Gasteiger partial charge in [-0.1, -0.05) is 48.2 Å². The van der Waals surface area contributed by atoms with E-state index in [4.69, 9.17) is 15.6 Å². The molecule has 0 fully saturated rings. The zero-order valence-electron chi connectivity index (χ0n) is 10.7. The van der Waals surface area contributed by atoms with Gasteiger partial charge in [0.25, 0.3) is 5.22 Å². The molecule has 0 aliphatic rings. The molecule has 4 nitrogen and oxygen atoms in total. The first kappa shape index (κ1) is 12.7. The lowest BCUT2D eigenvalue weighted by Crippen LogP contribution is -2.13. The van der Waals surface area contributed by atoms with E-state index in [9.17, 15) is 0 Å². The predicted molar refractivity (Wildman–Crippen MR) is 81.0 cm³/mol. The van der Waals surface area contributed by atoms with Crippen LogP contribution in [0.4, 0.5) is 0 Å². The predicted octanol–water partition coefficient (Wildman–Crippen LogP) is 3.40. The van der Waals surface area contributed by atoms with Crippen LogP contribution in [0.2, 0.25) is 0 Å². The number of hydrogen-bond acceptors (Lipinski definition) is 4. The van der Waals surface area contributed by atoms with Crippen molar-refractivity contribution < 1.29 is 4.42 Å². The monoisotopic (exact) mass is 283 g/mol. The molecule has 0 atom stereocenters. The summed E-state index contributed by atoms with van der Waals surface area (Å²) in [4.78, 5) is 4.41. The molecule has 20 heavy (non-hydrogen) atoms. The third-order valence-corrected chi connectivity index (χ3v) is 3.81. The van der Waals surface area contributed by atoms with E-state index in [0.29, 0.717) is 11.0 Å². The largest absolute Gasteiger partial charge is 0.431 e. The fraction of sp³-hybridized carbons (Fsp3) is 0.0667. The highest BCUT2D eigenvalue weighted by Crippen LogP contribution is 2.27. The number of nitrogens with two attached hydrogens (primary N) is 1. The van der Waals surface area contributed by atoms with Crippen molar-refractivity contribution in [3.8, 4) is 0 Å². The van der Waals surface area contributed by atoms with Crippen molar-refractivity contribution in [3.63, 3.8) is 0 Å². The first-order chi connectivity index (χ1) is 9.74. The molecule has 3 rings (SSSR count). The average molecular weight is 283 g/mol. The molecule has 5 heteroatoms. The van der Waals surface area contributed by atoms with Gasteiger partial charge in [0.1, 0.15) is 11.4 Å². The summed E-state index contributed by atoms with van der Waals surface area (Å²) in [6, 6.07) is 15.3. The number of benzene rings is 2. The van der Waals surface area contributed by atoms with Crippen molar-refractivity contribution in [1.29, 1.82) is 5.41 Å². The van der Waals surface area contributed by atoms with E-state index in [1.165, 1.54) is 11.8 Å². The number of amidine groups is 1. The third kappa shape index (κ3) is 2.53. The van der Waals surface area contributed by atoms with E-state index < -0.39 is 0 Å². The number of para-hydroxylation sites is 2. The molecule has 3 aromatic rings. The minimum absolute atomic E-state index is 0.0822. The average Bonchev–Trinajstić information content (AvgIpc) is 2.88. The van der Waals surface area contributed by atoms with Crippen LogP contribution in [-0.4, -0.2) is 10.8 Å². The molecule has 0 saturated carbocycles. The van der Waals surface area contributed by atoms with Crippen LogP contribution in [0.15, 0.2) is 58.2 Å². The summed E-state index contributed by atoms with van der Waals surface area (Å²) in [5.41, 5.74) is 8.99. The Hall–Kier alpha value is -2.27. The van der Waals surface area contributed by atoms with Crippen molar-refractivity contribution in [2.45, 2.75) is 11.0 Å². The Kier molecular flexibility index (Phi) is 3.43. The molecular weight excluding hydrogens is 270 g/mol. The number of aromatic nitrogens is 1. The lowest BCUT2D eigenvalue weighted by atomic mass is 10.1. The van der Waals surface area contributed by atoms with Gasteiger partial charge in [-0.05, 0) is 17.7 Å². The van der Waals surface area contributed by atoms with Crippen LogP contribution in [-0.2, 0) is 5.75 Å². The Morgan fingerprint density at radius 1 is 1.15 bits per heavy atom. The highest BCUT2D eigenvalue weighted by atomic mass is 32.2. The van der Waals surface area contributed by atoms with Crippen molar-refractivity contribution in [2.75, 3.05) is 0 Å². The maximum absolute atomic E-state index is 7.58. The lowest BCUT2D eigenvalue weighted by molar-refractivity contribution is 0.489. The molecule has 0 aliphatic heterocycles. The van der Waals surface area contributed by atoms with E-state index >= 15 is 0 Å². The summed E-state index contributed by atoms with van der Waals surface area (Å²) in [6.07, 6.45) is 0. The van der Waals surface area contributed by atoms with Gasteiger partial charge in [0, 0.05) is 11.3 Å². The SMILES string of the molecule is N=C(N)c1ccccc1CSc1nc2ccccc2o1. The van der Waals surface area contributed by atoms with Gasteiger partial charge in [0.05, 0.1) is 0 Å². The van der Waals surface area contributed by atoms with Crippen LogP contribution in [0.25, 0.3) is 11.1 Å². The van der Waals surface area contributed by atoms with Gasteiger partial charge in [-0.3, -0.25) is 5.41 Å². The Bertz CT molecular complexity index is 733. The van der Waals surface area contributed by atoms with Gasteiger partial charge in [-0.2, -0.15) is 0 Å². The van der Waals surface area contributed by atoms with Crippen LogP contribution >= 0.6 is 11.8 Å². The maximum atomic E-state index is 7.58. The maximum Gasteiger partial charge on any atom is 0.257 e. The molecule has 0 spiro atoms. The van der Waals surface area contributed by atoms with Crippen molar-refractivity contribution in [1.82, 2.24) is 4.98 Å². The van der Waals surface area contributed by atoms with E-state index in [2.05, 4.69) is 4.98 Å². The van der Waals surface area contributed by atoms with Crippen LogP contribution in [0.5, 0.6) is 0 Å². The smallest absolute Gasteiger partial charge is 0.257 e. The number of fused-ring (bicyclic) bond motifs is 1. The molecule has 0 saturated heterocycles. The molecule has 100 valence electrons. The molecule has 0 amide bonds. The summed E-state index contributed by atoms with van der Waals surface area (Å²) in [7, 11) is 0. The van der Waals surface area contributed by atoms with Gasteiger partial charge < -0.3 is 10.2 Å².